The van der Waals surface area contributed by atoms with Crippen LogP contribution in [0, 0.1) is 16.7 Å². The first-order chi connectivity index (χ1) is 13.7. The molecule has 148 valence electrons. The van der Waals surface area contributed by atoms with E-state index in [0.717, 1.165) is 20.0 Å². The van der Waals surface area contributed by atoms with Gasteiger partial charge in [0.25, 0.3) is 0 Å². The SMILES string of the molecule is CC1(C)CC(=O)C2=C(C1)N(c1ccc(Cl)cc1)C(N)=C(C#N)[C@@H]2c1ccc(Br)s1. The summed E-state index contributed by atoms with van der Waals surface area (Å²) in [6, 6.07) is 13.5. The Bertz CT molecular complexity index is 1110. The number of halogens is 2. The van der Waals surface area contributed by atoms with Crippen LogP contribution in [0.1, 0.15) is 37.5 Å². The second-order valence-corrected chi connectivity index (χ2v) is 11.0. The third-order valence-electron chi connectivity index (χ3n) is 5.34. The van der Waals surface area contributed by atoms with Gasteiger partial charge in [-0.05, 0) is 64.2 Å². The van der Waals surface area contributed by atoms with Crippen molar-refractivity contribution in [1.82, 2.24) is 0 Å². The number of rotatable bonds is 2. The molecule has 0 bridgehead atoms. The molecule has 0 amide bonds. The molecule has 2 aromatic rings. The molecule has 29 heavy (non-hydrogen) atoms. The highest BCUT2D eigenvalue weighted by atomic mass is 79.9. The zero-order valence-electron chi connectivity index (χ0n) is 16.0. The van der Waals surface area contributed by atoms with Gasteiger partial charge in [0.1, 0.15) is 5.82 Å². The molecule has 4 nitrogen and oxygen atoms in total. The number of nitrogens with two attached hydrogens (primary N) is 1. The molecule has 2 heterocycles. The summed E-state index contributed by atoms with van der Waals surface area (Å²) >= 11 is 11.1. The molecule has 1 aromatic heterocycles. The lowest BCUT2D eigenvalue weighted by Crippen LogP contribution is -2.42. The molecule has 0 unspecified atom stereocenters. The molecule has 0 spiro atoms. The van der Waals surface area contributed by atoms with Gasteiger partial charge in [0, 0.05) is 33.3 Å². The van der Waals surface area contributed by atoms with Gasteiger partial charge in [0.2, 0.25) is 0 Å². The first-order valence-electron chi connectivity index (χ1n) is 9.19. The molecule has 0 saturated carbocycles. The molecule has 1 aliphatic heterocycles. The van der Waals surface area contributed by atoms with Crippen LogP contribution in [0.5, 0.6) is 0 Å². The zero-order chi connectivity index (χ0) is 20.9. The van der Waals surface area contributed by atoms with Crippen molar-refractivity contribution in [3.8, 4) is 6.07 Å². The number of hydrogen-bond donors (Lipinski definition) is 1. The van der Waals surface area contributed by atoms with Crippen LogP contribution >= 0.6 is 38.9 Å². The van der Waals surface area contributed by atoms with Gasteiger partial charge in [-0.2, -0.15) is 5.26 Å². The molecule has 4 rings (SSSR count). The lowest BCUT2D eigenvalue weighted by atomic mass is 9.69. The Hall–Kier alpha value is -2.07. The minimum absolute atomic E-state index is 0.0741. The number of carbonyl (C=O) groups is 1. The number of anilines is 1. The van der Waals surface area contributed by atoms with Gasteiger partial charge in [0.15, 0.2) is 5.78 Å². The molecule has 1 aliphatic carbocycles. The Balaban J connectivity index is 1.99. The summed E-state index contributed by atoms with van der Waals surface area (Å²) in [5.74, 6) is 0.0111. The van der Waals surface area contributed by atoms with Crippen molar-refractivity contribution in [1.29, 1.82) is 5.26 Å². The van der Waals surface area contributed by atoms with Gasteiger partial charge in [-0.15, -0.1) is 11.3 Å². The van der Waals surface area contributed by atoms with Crippen molar-refractivity contribution in [3.05, 3.63) is 72.7 Å². The monoisotopic (exact) mass is 487 g/mol. The van der Waals surface area contributed by atoms with E-state index in [1.54, 1.807) is 12.1 Å². The molecule has 0 saturated heterocycles. The predicted molar refractivity (Wildman–Crippen MR) is 121 cm³/mol. The van der Waals surface area contributed by atoms with Crippen LogP contribution in [0.4, 0.5) is 5.69 Å². The van der Waals surface area contributed by atoms with Crippen molar-refractivity contribution in [3.63, 3.8) is 0 Å². The Morgan fingerprint density at radius 2 is 1.93 bits per heavy atom. The number of thiophene rings is 1. The highest BCUT2D eigenvalue weighted by Crippen LogP contribution is 2.51. The van der Waals surface area contributed by atoms with Gasteiger partial charge < -0.3 is 5.73 Å². The largest absolute Gasteiger partial charge is 0.384 e. The summed E-state index contributed by atoms with van der Waals surface area (Å²) in [5, 5.41) is 10.6. The fourth-order valence-corrected chi connectivity index (χ4v) is 5.83. The van der Waals surface area contributed by atoms with Gasteiger partial charge in [-0.25, -0.2) is 0 Å². The van der Waals surface area contributed by atoms with Crippen molar-refractivity contribution in [2.24, 2.45) is 11.1 Å². The first-order valence-corrected chi connectivity index (χ1v) is 11.2. The smallest absolute Gasteiger partial charge is 0.162 e. The van der Waals surface area contributed by atoms with Crippen LogP contribution in [-0.4, -0.2) is 5.78 Å². The number of allylic oxidation sites excluding steroid dienone is 3. The summed E-state index contributed by atoms with van der Waals surface area (Å²) in [6.45, 7) is 4.18. The number of nitrogens with zero attached hydrogens (tertiary/aromatic N) is 2. The molecule has 1 aromatic carbocycles. The van der Waals surface area contributed by atoms with Crippen molar-refractivity contribution >= 4 is 50.3 Å². The van der Waals surface area contributed by atoms with Gasteiger partial charge in [-0.1, -0.05) is 25.4 Å². The molecule has 2 N–H and O–H groups in total. The highest BCUT2D eigenvalue weighted by molar-refractivity contribution is 9.11. The Labute approximate surface area is 187 Å². The molecule has 7 heteroatoms. The van der Waals surface area contributed by atoms with E-state index in [4.69, 9.17) is 17.3 Å². The third kappa shape index (κ3) is 3.52. The van der Waals surface area contributed by atoms with Crippen molar-refractivity contribution in [2.45, 2.75) is 32.6 Å². The topological polar surface area (TPSA) is 70.1 Å². The molecule has 0 radical (unpaired) electrons. The lowest BCUT2D eigenvalue weighted by Gasteiger charge is -2.43. The number of hydrogen-bond acceptors (Lipinski definition) is 5. The molecular weight excluding hydrogens is 470 g/mol. The number of ketones is 1. The zero-order valence-corrected chi connectivity index (χ0v) is 19.2. The Kier molecular flexibility index (Phi) is 5.10. The average molecular weight is 489 g/mol. The number of nitriles is 1. The second kappa shape index (κ2) is 7.32. The molecule has 2 aliphatic rings. The van der Waals surface area contributed by atoms with E-state index in [1.165, 1.54) is 11.3 Å². The van der Waals surface area contributed by atoms with Crippen molar-refractivity contribution < 1.29 is 4.79 Å². The molecule has 0 fully saturated rings. The number of benzene rings is 1. The van der Waals surface area contributed by atoms with E-state index in [9.17, 15) is 10.1 Å². The minimum Gasteiger partial charge on any atom is -0.384 e. The average Bonchev–Trinajstić information content (AvgIpc) is 3.07. The standard InChI is InChI=1S/C22H19BrClN3OS/c1-22(2)9-15-20(16(28)10-22)19(17-7-8-18(23)29-17)14(11-25)21(26)27(15)13-5-3-12(24)4-6-13/h3-8,19H,9-10,26H2,1-2H3/t19-/m1/s1. The Morgan fingerprint density at radius 3 is 2.52 bits per heavy atom. The summed E-state index contributed by atoms with van der Waals surface area (Å²) in [7, 11) is 0. The van der Waals surface area contributed by atoms with E-state index in [0.29, 0.717) is 34.8 Å². The van der Waals surface area contributed by atoms with Crippen LogP contribution in [0.2, 0.25) is 5.02 Å². The van der Waals surface area contributed by atoms with E-state index in [2.05, 4.69) is 35.8 Å². The summed E-state index contributed by atoms with van der Waals surface area (Å²) in [6.07, 6.45) is 1.14. The lowest BCUT2D eigenvalue weighted by molar-refractivity contribution is -0.118. The molecular formula is C22H19BrClN3OS. The van der Waals surface area contributed by atoms with E-state index >= 15 is 0 Å². The normalized spacial score (nSPS) is 21.3. The Morgan fingerprint density at radius 1 is 1.24 bits per heavy atom. The number of Topliss-reactive ketones (excluding diaryl/α,β-unsaturated/α-hetero) is 1. The maximum atomic E-state index is 13.3. The minimum atomic E-state index is -0.432. The maximum Gasteiger partial charge on any atom is 0.162 e. The number of carbonyl (C=O) groups excluding carboxylic acids is 1. The highest BCUT2D eigenvalue weighted by Gasteiger charge is 2.45. The van der Waals surface area contributed by atoms with Crippen LogP contribution in [-0.2, 0) is 4.79 Å². The van der Waals surface area contributed by atoms with Crippen LogP contribution in [0.25, 0.3) is 0 Å². The van der Waals surface area contributed by atoms with Crippen LogP contribution in [0.15, 0.2) is 62.8 Å². The van der Waals surface area contributed by atoms with Gasteiger partial charge in [0.05, 0.1) is 21.3 Å². The maximum absolute atomic E-state index is 13.3. The van der Waals surface area contributed by atoms with Crippen LogP contribution in [0.3, 0.4) is 0 Å². The van der Waals surface area contributed by atoms with E-state index in [-0.39, 0.29) is 11.2 Å². The summed E-state index contributed by atoms with van der Waals surface area (Å²) in [5.41, 5.74) is 9.14. The van der Waals surface area contributed by atoms with Crippen molar-refractivity contribution in [2.75, 3.05) is 4.90 Å². The van der Waals surface area contributed by atoms with Gasteiger partial charge >= 0.3 is 0 Å². The van der Waals surface area contributed by atoms with Gasteiger partial charge in [-0.3, -0.25) is 9.69 Å². The van der Waals surface area contributed by atoms with E-state index < -0.39 is 5.92 Å². The third-order valence-corrected chi connectivity index (χ3v) is 7.28. The quantitative estimate of drug-likeness (QED) is 0.554. The second-order valence-electron chi connectivity index (χ2n) is 8.10. The first kappa shape index (κ1) is 20.2. The molecule has 1 atom stereocenters. The summed E-state index contributed by atoms with van der Waals surface area (Å²) in [4.78, 5) is 16.1. The fourth-order valence-electron chi connectivity index (χ4n) is 4.16. The summed E-state index contributed by atoms with van der Waals surface area (Å²) < 4.78 is 0.953. The van der Waals surface area contributed by atoms with E-state index in [1.807, 2.05) is 29.2 Å². The fraction of sp³-hybridized carbons (Fsp3) is 0.273. The van der Waals surface area contributed by atoms with Crippen LogP contribution < -0.4 is 10.6 Å². The predicted octanol–water partition coefficient (Wildman–Crippen LogP) is 6.10.